The van der Waals surface area contributed by atoms with Gasteiger partial charge in [-0.25, -0.2) is 4.39 Å². The van der Waals surface area contributed by atoms with E-state index in [9.17, 15) is 23.6 Å². The number of rotatable bonds is 8. The van der Waals surface area contributed by atoms with Crippen LogP contribution in [0.1, 0.15) is 33.5 Å². The summed E-state index contributed by atoms with van der Waals surface area (Å²) in [6.45, 7) is 0. The van der Waals surface area contributed by atoms with Gasteiger partial charge in [0.15, 0.2) is 5.78 Å². The molecule has 1 aliphatic heterocycles. The van der Waals surface area contributed by atoms with E-state index in [1.54, 1.807) is 54.6 Å². The van der Waals surface area contributed by atoms with Crippen LogP contribution in [0.25, 0.3) is 11.6 Å². The summed E-state index contributed by atoms with van der Waals surface area (Å²) in [6.07, 6.45) is 4.90. The first-order valence-corrected chi connectivity index (χ1v) is 10.8. The Morgan fingerprint density at radius 3 is 2.20 bits per heavy atom. The van der Waals surface area contributed by atoms with Crippen molar-refractivity contribution in [1.82, 2.24) is 5.32 Å². The van der Waals surface area contributed by atoms with E-state index in [4.69, 9.17) is 4.74 Å². The summed E-state index contributed by atoms with van der Waals surface area (Å²) in [4.78, 5) is 47.4. The monoisotopic (exact) mass is 469 g/mol. The second-order valence-electron chi connectivity index (χ2n) is 7.82. The Labute approximate surface area is 200 Å². The van der Waals surface area contributed by atoms with Gasteiger partial charge in [-0.3, -0.25) is 24.5 Å². The van der Waals surface area contributed by atoms with Crippen molar-refractivity contribution in [2.45, 2.75) is 12.8 Å². The third-order valence-corrected chi connectivity index (χ3v) is 5.31. The van der Waals surface area contributed by atoms with Crippen molar-refractivity contribution in [3.05, 3.63) is 113 Å². The molecule has 1 aliphatic rings. The number of amides is 2. The predicted molar refractivity (Wildman–Crippen MR) is 128 cm³/mol. The maximum absolute atomic E-state index is 13.0. The standard InChI is InChI=1S/C28H20FNO5/c29-22-11-9-21(10-12-22)25(31)15-5-19-3-13-23(14-4-19)35-27(33)16-6-18-1-7-20(8-2-18)24-17-26(32)30-28(24)34/h1-5,7-15,17H,6,16H2,(H,30,32,34). The number of esters is 1. The molecule has 0 fully saturated rings. The molecule has 2 amide bonds. The number of benzene rings is 3. The highest BCUT2D eigenvalue weighted by molar-refractivity contribution is 6.33. The smallest absolute Gasteiger partial charge is 0.311 e. The largest absolute Gasteiger partial charge is 0.427 e. The lowest BCUT2D eigenvalue weighted by Crippen LogP contribution is -2.21. The molecule has 35 heavy (non-hydrogen) atoms. The van der Waals surface area contributed by atoms with E-state index in [2.05, 4.69) is 5.32 Å². The van der Waals surface area contributed by atoms with Crippen molar-refractivity contribution < 1.29 is 28.3 Å². The highest BCUT2D eigenvalue weighted by Crippen LogP contribution is 2.20. The van der Waals surface area contributed by atoms with Gasteiger partial charge in [-0.15, -0.1) is 0 Å². The van der Waals surface area contributed by atoms with Crippen LogP contribution in [0.3, 0.4) is 0 Å². The third kappa shape index (κ3) is 6.23. The highest BCUT2D eigenvalue weighted by Gasteiger charge is 2.21. The van der Waals surface area contributed by atoms with Gasteiger partial charge < -0.3 is 4.74 Å². The first kappa shape index (κ1) is 23.5. The fourth-order valence-corrected chi connectivity index (χ4v) is 3.44. The van der Waals surface area contributed by atoms with Crippen LogP contribution in [0.2, 0.25) is 0 Å². The average molecular weight is 469 g/mol. The van der Waals surface area contributed by atoms with Crippen LogP contribution < -0.4 is 10.1 Å². The molecule has 1 heterocycles. The zero-order valence-corrected chi connectivity index (χ0v) is 18.5. The Balaban J connectivity index is 1.26. The van der Waals surface area contributed by atoms with Crippen LogP contribution in [-0.4, -0.2) is 23.6 Å². The van der Waals surface area contributed by atoms with Crippen molar-refractivity contribution in [2.24, 2.45) is 0 Å². The van der Waals surface area contributed by atoms with Crippen molar-refractivity contribution in [3.63, 3.8) is 0 Å². The Hall–Kier alpha value is -4.65. The van der Waals surface area contributed by atoms with Crippen LogP contribution >= 0.6 is 0 Å². The normalized spacial score (nSPS) is 13.0. The molecule has 3 aromatic rings. The first-order valence-electron chi connectivity index (χ1n) is 10.8. The topological polar surface area (TPSA) is 89.5 Å². The molecule has 0 atom stereocenters. The van der Waals surface area contributed by atoms with E-state index in [0.29, 0.717) is 28.9 Å². The SMILES string of the molecule is O=C1C=C(c2ccc(CCC(=O)Oc3ccc(C=CC(=O)c4ccc(F)cc4)cc3)cc2)C(=O)N1. The van der Waals surface area contributed by atoms with E-state index in [1.807, 2.05) is 0 Å². The zero-order valence-electron chi connectivity index (χ0n) is 18.5. The predicted octanol–water partition coefficient (Wildman–Crippen LogP) is 4.30. The number of carbonyl (C=O) groups is 4. The number of ketones is 1. The van der Waals surface area contributed by atoms with E-state index >= 15 is 0 Å². The van der Waals surface area contributed by atoms with E-state index in [-0.39, 0.29) is 12.2 Å². The molecule has 0 spiro atoms. The summed E-state index contributed by atoms with van der Waals surface area (Å²) in [5.41, 5.74) is 2.97. The maximum Gasteiger partial charge on any atom is 0.311 e. The quantitative estimate of drug-likeness (QED) is 0.175. The Bertz CT molecular complexity index is 1340. The molecule has 6 nitrogen and oxygen atoms in total. The molecule has 3 aromatic carbocycles. The molecular weight excluding hydrogens is 449 g/mol. The van der Waals surface area contributed by atoms with Gasteiger partial charge in [-0.2, -0.15) is 0 Å². The summed E-state index contributed by atoms with van der Waals surface area (Å²) < 4.78 is 18.3. The number of carbonyl (C=O) groups excluding carboxylic acids is 4. The lowest BCUT2D eigenvalue weighted by atomic mass is 10.0. The first-order chi connectivity index (χ1) is 16.9. The number of nitrogens with one attached hydrogen (secondary N) is 1. The molecule has 0 radical (unpaired) electrons. The summed E-state index contributed by atoms with van der Waals surface area (Å²) >= 11 is 0. The van der Waals surface area contributed by atoms with Gasteiger partial charge in [0.2, 0.25) is 0 Å². The van der Waals surface area contributed by atoms with Crippen LogP contribution in [-0.2, 0) is 20.8 Å². The fourth-order valence-electron chi connectivity index (χ4n) is 3.44. The third-order valence-electron chi connectivity index (χ3n) is 5.31. The van der Waals surface area contributed by atoms with Crippen LogP contribution in [0.5, 0.6) is 5.75 Å². The number of allylic oxidation sites excluding steroid dienone is 1. The second kappa shape index (κ2) is 10.5. The minimum Gasteiger partial charge on any atom is -0.427 e. The summed E-state index contributed by atoms with van der Waals surface area (Å²) in [5, 5.41) is 2.21. The van der Waals surface area contributed by atoms with Crippen molar-refractivity contribution in [2.75, 3.05) is 0 Å². The molecule has 174 valence electrons. The van der Waals surface area contributed by atoms with E-state index in [0.717, 1.165) is 11.1 Å². The van der Waals surface area contributed by atoms with Crippen LogP contribution in [0, 0.1) is 5.82 Å². The molecule has 7 heteroatoms. The maximum atomic E-state index is 13.0. The van der Waals surface area contributed by atoms with Crippen molar-refractivity contribution in [1.29, 1.82) is 0 Å². The molecule has 0 unspecified atom stereocenters. The number of aryl methyl sites for hydroxylation is 1. The second-order valence-corrected chi connectivity index (χ2v) is 7.82. The molecule has 4 rings (SSSR count). The molecule has 0 bridgehead atoms. The summed E-state index contributed by atoms with van der Waals surface area (Å²) in [7, 11) is 0. The zero-order chi connectivity index (χ0) is 24.8. The average Bonchev–Trinajstić information content (AvgIpc) is 3.20. The molecule has 0 aromatic heterocycles. The number of hydrogen-bond acceptors (Lipinski definition) is 5. The molecule has 0 saturated carbocycles. The minimum atomic E-state index is -0.431. The van der Waals surface area contributed by atoms with Gasteiger partial charge in [-0.1, -0.05) is 42.5 Å². The van der Waals surface area contributed by atoms with Gasteiger partial charge in [0.1, 0.15) is 11.6 Å². The molecular formula is C28H20FNO5. The number of hydrogen-bond donors (Lipinski definition) is 1. The van der Waals surface area contributed by atoms with Gasteiger partial charge in [0.25, 0.3) is 11.8 Å². The van der Waals surface area contributed by atoms with Crippen LogP contribution in [0.15, 0.2) is 84.9 Å². The molecule has 0 saturated heterocycles. The summed E-state index contributed by atoms with van der Waals surface area (Å²) in [5.74, 6) is -1.51. The van der Waals surface area contributed by atoms with E-state index < -0.39 is 23.6 Å². The van der Waals surface area contributed by atoms with Gasteiger partial charge in [-0.05, 0) is 65.6 Å². The van der Waals surface area contributed by atoms with Gasteiger partial charge >= 0.3 is 5.97 Å². The number of imide groups is 1. The van der Waals surface area contributed by atoms with Gasteiger partial charge in [0, 0.05) is 18.1 Å². The van der Waals surface area contributed by atoms with Crippen molar-refractivity contribution in [3.8, 4) is 5.75 Å². The Morgan fingerprint density at radius 2 is 1.57 bits per heavy atom. The van der Waals surface area contributed by atoms with E-state index in [1.165, 1.54) is 36.4 Å². The number of halogens is 1. The lowest BCUT2D eigenvalue weighted by molar-refractivity contribution is -0.134. The fraction of sp³-hybridized carbons (Fsp3) is 0.0714. The van der Waals surface area contributed by atoms with Crippen LogP contribution in [0.4, 0.5) is 4.39 Å². The van der Waals surface area contributed by atoms with Gasteiger partial charge in [0.05, 0.1) is 5.57 Å². The summed E-state index contributed by atoms with van der Waals surface area (Å²) in [6, 6.07) is 19.1. The van der Waals surface area contributed by atoms with Crippen molar-refractivity contribution >= 4 is 35.2 Å². The number of ether oxygens (including phenoxy) is 1. The minimum absolute atomic E-state index is 0.162. The molecule has 0 aliphatic carbocycles. The molecule has 1 N–H and O–H groups in total. The lowest BCUT2D eigenvalue weighted by Gasteiger charge is -2.06. The Morgan fingerprint density at radius 1 is 0.886 bits per heavy atom. The highest BCUT2D eigenvalue weighted by atomic mass is 19.1. The Kier molecular flexibility index (Phi) is 7.07.